The van der Waals surface area contributed by atoms with Gasteiger partial charge in [-0.05, 0) is 29.9 Å². The molecule has 2 N–H and O–H groups in total. The van der Waals surface area contributed by atoms with E-state index in [-0.39, 0.29) is 29.5 Å². The maximum absolute atomic E-state index is 13.7. The number of ether oxygens (including phenoxy) is 1. The summed E-state index contributed by atoms with van der Waals surface area (Å²) in [7, 11) is 1.60. The molecule has 0 spiro atoms. The van der Waals surface area contributed by atoms with Gasteiger partial charge in [-0.15, -0.1) is 0 Å². The summed E-state index contributed by atoms with van der Waals surface area (Å²) in [5, 5.41) is 1.54. The number of aromatic nitrogens is 2. The average Bonchev–Trinajstić information content (AvgIpc) is 2.63. The van der Waals surface area contributed by atoms with Gasteiger partial charge in [0.05, 0.1) is 16.5 Å². The minimum absolute atomic E-state index is 0.0557. The van der Waals surface area contributed by atoms with Crippen LogP contribution in [0.1, 0.15) is 32.3 Å². The third-order valence-electron chi connectivity index (χ3n) is 4.60. The molecular weight excluding hydrogens is 352 g/mol. The van der Waals surface area contributed by atoms with Crippen LogP contribution in [-0.4, -0.2) is 22.2 Å². The van der Waals surface area contributed by atoms with Crippen molar-refractivity contribution >= 4 is 21.7 Å². The minimum Gasteiger partial charge on any atom is -0.491 e. The molecule has 1 aromatic carbocycles. The zero-order valence-corrected chi connectivity index (χ0v) is 15.6. The molecule has 0 radical (unpaired) electrons. The van der Waals surface area contributed by atoms with Crippen molar-refractivity contribution in [1.29, 1.82) is 0 Å². The Labute approximate surface area is 155 Å². The molecule has 3 aromatic rings. The van der Waals surface area contributed by atoms with Crippen molar-refractivity contribution in [2.45, 2.75) is 32.7 Å². The lowest BCUT2D eigenvalue weighted by Crippen LogP contribution is -2.29. The SMILES string of the molecule is CC(C)C[C@H](N)COc1cc2c(cc1C(F)F)c1ccncc1c(=O)n2C. The highest BCUT2D eigenvalue weighted by atomic mass is 19.3. The third-order valence-corrected chi connectivity index (χ3v) is 4.60. The lowest BCUT2D eigenvalue weighted by Gasteiger charge is -2.18. The Kier molecular flexibility index (Phi) is 5.41. The zero-order valence-electron chi connectivity index (χ0n) is 15.6. The van der Waals surface area contributed by atoms with Crippen molar-refractivity contribution in [3.05, 3.63) is 46.5 Å². The largest absolute Gasteiger partial charge is 0.491 e. The van der Waals surface area contributed by atoms with Crippen LogP contribution in [0.25, 0.3) is 21.7 Å². The summed E-state index contributed by atoms with van der Waals surface area (Å²) in [6.07, 6.45) is 1.01. The molecule has 0 saturated heterocycles. The van der Waals surface area contributed by atoms with E-state index in [1.165, 1.54) is 22.9 Å². The Morgan fingerprint density at radius 2 is 1.96 bits per heavy atom. The molecule has 0 aliphatic rings. The summed E-state index contributed by atoms with van der Waals surface area (Å²) in [5.74, 6) is 0.440. The highest BCUT2D eigenvalue weighted by molar-refractivity contribution is 6.06. The van der Waals surface area contributed by atoms with E-state index in [4.69, 9.17) is 10.5 Å². The number of nitrogens with zero attached hydrogens (tertiary/aromatic N) is 2. The van der Waals surface area contributed by atoms with Crippen molar-refractivity contribution < 1.29 is 13.5 Å². The molecule has 0 bridgehead atoms. The van der Waals surface area contributed by atoms with E-state index >= 15 is 0 Å². The van der Waals surface area contributed by atoms with Gasteiger partial charge in [0.25, 0.3) is 12.0 Å². The lowest BCUT2D eigenvalue weighted by atomic mass is 10.0. The second-order valence-electron chi connectivity index (χ2n) is 7.19. The van der Waals surface area contributed by atoms with Crippen LogP contribution in [0, 0.1) is 5.92 Å². The number of aryl methyl sites for hydroxylation is 1. The predicted molar refractivity (Wildman–Crippen MR) is 102 cm³/mol. The smallest absolute Gasteiger partial charge is 0.267 e. The molecule has 0 unspecified atom stereocenters. The Morgan fingerprint density at radius 3 is 2.63 bits per heavy atom. The lowest BCUT2D eigenvalue weighted by molar-refractivity contribution is 0.144. The first-order valence-corrected chi connectivity index (χ1v) is 8.86. The van der Waals surface area contributed by atoms with Crippen LogP contribution < -0.4 is 16.0 Å². The average molecular weight is 375 g/mol. The number of fused-ring (bicyclic) bond motifs is 3. The van der Waals surface area contributed by atoms with E-state index in [0.717, 1.165) is 6.42 Å². The van der Waals surface area contributed by atoms with E-state index in [2.05, 4.69) is 4.98 Å². The van der Waals surface area contributed by atoms with Crippen LogP contribution in [0.5, 0.6) is 5.75 Å². The molecule has 0 amide bonds. The molecule has 5 nitrogen and oxygen atoms in total. The van der Waals surface area contributed by atoms with E-state index < -0.39 is 6.43 Å². The third kappa shape index (κ3) is 3.78. The molecule has 0 aliphatic carbocycles. The van der Waals surface area contributed by atoms with Gasteiger partial charge in [0.15, 0.2) is 0 Å². The predicted octanol–water partition coefficient (Wildman–Crippen LogP) is 3.78. The molecule has 7 heteroatoms. The zero-order chi connectivity index (χ0) is 19.7. The summed E-state index contributed by atoms with van der Waals surface area (Å²) in [6.45, 7) is 4.21. The Bertz CT molecular complexity index is 1030. The molecular formula is C20H23F2N3O2. The second-order valence-corrected chi connectivity index (χ2v) is 7.19. The second kappa shape index (κ2) is 7.60. The number of alkyl halides is 2. The molecule has 2 aromatic heterocycles. The highest BCUT2D eigenvalue weighted by Crippen LogP contribution is 2.35. The molecule has 144 valence electrons. The van der Waals surface area contributed by atoms with Crippen LogP contribution in [-0.2, 0) is 7.05 Å². The summed E-state index contributed by atoms with van der Waals surface area (Å²) < 4.78 is 34.4. The minimum atomic E-state index is -2.71. The van der Waals surface area contributed by atoms with Crippen molar-refractivity contribution in [2.24, 2.45) is 18.7 Å². The van der Waals surface area contributed by atoms with Crippen molar-refractivity contribution in [1.82, 2.24) is 9.55 Å². The van der Waals surface area contributed by atoms with E-state index in [9.17, 15) is 13.6 Å². The van der Waals surface area contributed by atoms with Crippen LogP contribution in [0.15, 0.2) is 35.4 Å². The molecule has 3 rings (SSSR count). The summed E-state index contributed by atoms with van der Waals surface area (Å²) in [4.78, 5) is 16.5. The van der Waals surface area contributed by atoms with Crippen molar-refractivity contribution in [3.63, 3.8) is 0 Å². The van der Waals surface area contributed by atoms with Crippen molar-refractivity contribution in [3.8, 4) is 5.75 Å². The highest BCUT2D eigenvalue weighted by Gasteiger charge is 2.19. The molecule has 0 aliphatic heterocycles. The van der Waals surface area contributed by atoms with Gasteiger partial charge in [-0.1, -0.05) is 13.8 Å². The van der Waals surface area contributed by atoms with Gasteiger partial charge >= 0.3 is 0 Å². The first-order valence-electron chi connectivity index (χ1n) is 8.86. The fourth-order valence-corrected chi connectivity index (χ4v) is 3.33. The van der Waals surface area contributed by atoms with Gasteiger partial charge in [-0.3, -0.25) is 9.78 Å². The molecule has 0 fully saturated rings. The summed E-state index contributed by atoms with van der Waals surface area (Å²) in [5.41, 5.74) is 6.09. The van der Waals surface area contributed by atoms with E-state index in [1.54, 1.807) is 19.3 Å². The first-order chi connectivity index (χ1) is 12.8. The number of rotatable bonds is 6. The Morgan fingerprint density at radius 1 is 1.22 bits per heavy atom. The fraction of sp³-hybridized carbons (Fsp3) is 0.400. The Hall–Kier alpha value is -2.54. The number of nitrogens with two attached hydrogens (primary N) is 1. The number of benzene rings is 1. The van der Waals surface area contributed by atoms with Crippen molar-refractivity contribution in [2.75, 3.05) is 6.61 Å². The maximum Gasteiger partial charge on any atom is 0.267 e. The summed E-state index contributed by atoms with van der Waals surface area (Å²) >= 11 is 0. The van der Waals surface area contributed by atoms with Crippen LogP contribution in [0.3, 0.4) is 0 Å². The molecule has 27 heavy (non-hydrogen) atoms. The van der Waals surface area contributed by atoms with Crippen LogP contribution in [0.2, 0.25) is 0 Å². The topological polar surface area (TPSA) is 70.1 Å². The maximum atomic E-state index is 13.7. The van der Waals surface area contributed by atoms with E-state index in [0.29, 0.717) is 27.6 Å². The van der Waals surface area contributed by atoms with Gasteiger partial charge in [-0.25, -0.2) is 8.78 Å². The Balaban J connectivity index is 2.14. The van der Waals surface area contributed by atoms with Gasteiger partial charge < -0.3 is 15.0 Å². The van der Waals surface area contributed by atoms with Crippen LogP contribution in [0.4, 0.5) is 8.78 Å². The van der Waals surface area contributed by atoms with Crippen LogP contribution >= 0.6 is 0 Å². The number of hydrogen-bond acceptors (Lipinski definition) is 4. The fourth-order valence-electron chi connectivity index (χ4n) is 3.33. The first kappa shape index (κ1) is 19.2. The van der Waals surface area contributed by atoms with E-state index in [1.807, 2.05) is 13.8 Å². The normalized spacial score (nSPS) is 13.0. The standard InChI is InChI=1S/C20H23F2N3O2/c1-11(2)6-12(23)10-27-18-8-17-14(7-15(18)19(21)22)13-4-5-24-9-16(13)20(26)25(17)3/h4-5,7-9,11-12,19H,6,10,23H2,1-3H3/t12-/m0/s1. The number of halogens is 2. The molecule has 1 atom stereocenters. The summed E-state index contributed by atoms with van der Waals surface area (Å²) in [6, 6.07) is 4.30. The number of pyridine rings is 2. The molecule has 2 heterocycles. The van der Waals surface area contributed by atoms with Gasteiger partial charge in [0, 0.05) is 36.9 Å². The van der Waals surface area contributed by atoms with Gasteiger partial charge in [-0.2, -0.15) is 0 Å². The van der Waals surface area contributed by atoms with Gasteiger partial charge in [0.1, 0.15) is 12.4 Å². The quantitative estimate of drug-likeness (QED) is 0.666. The van der Waals surface area contributed by atoms with Gasteiger partial charge in [0.2, 0.25) is 0 Å². The monoisotopic (exact) mass is 375 g/mol. The number of hydrogen-bond donors (Lipinski definition) is 1. The molecule has 0 saturated carbocycles.